The first kappa shape index (κ1) is 36.7. The number of nitrogens with one attached hydrogen (secondary N) is 1. The predicted octanol–water partition coefficient (Wildman–Crippen LogP) is 4.48. The molecule has 2 aromatic rings. The highest BCUT2D eigenvalue weighted by Crippen LogP contribution is 2.58. The minimum absolute atomic E-state index is 0.0529. The van der Waals surface area contributed by atoms with Crippen LogP contribution in [0, 0.1) is 17.3 Å². The zero-order chi connectivity index (χ0) is 36.2. The van der Waals surface area contributed by atoms with E-state index in [2.05, 4.69) is 5.32 Å². The molecule has 3 aliphatic rings. The van der Waals surface area contributed by atoms with Gasteiger partial charge in [-0.05, 0) is 79.1 Å². The number of phenolic OH excluding ortho intramolecular Hbond substituents is 1. The normalized spacial score (nSPS) is 23.6. The summed E-state index contributed by atoms with van der Waals surface area (Å²) in [5, 5.41) is 37.8. The highest BCUT2D eigenvalue weighted by atomic mass is 127. The molecule has 0 aliphatic heterocycles. The van der Waals surface area contributed by atoms with Gasteiger partial charge in [0, 0.05) is 43.4 Å². The lowest BCUT2D eigenvalue weighted by molar-refractivity contribution is -0.135. The molecule has 2 amide bonds. The number of amides is 2. The van der Waals surface area contributed by atoms with Crippen LogP contribution in [0.4, 0.5) is 10.5 Å². The van der Waals surface area contributed by atoms with Crippen LogP contribution in [0.25, 0.3) is 0 Å². The fraction of sp³-hybridized carbons (Fsp3) is 0.412. The number of phenols is 1. The molecule has 2 aromatic carbocycles. The fourth-order valence-electron chi connectivity index (χ4n) is 7.60. The van der Waals surface area contributed by atoms with Crippen LogP contribution in [0.2, 0.25) is 0 Å². The molecule has 0 aromatic heterocycles. The van der Waals surface area contributed by atoms with Gasteiger partial charge in [-0.25, -0.2) is 4.79 Å². The standard InChI is InChI=1S/C34H37Cl2IN4O8/c1-40(2)21-12-18(14-39-32(48)49-15-34(35,36)37)26(42)23-19(21)10-17-11-20-25(41(3)4)28(44)24(31(38)47)30(46)33(20,29(45)22(17)27(23)43)13-16-8-6-5-7-9-16/h5-9,12,17,20,25,42,44-45H,10-11,13-15H2,1-4H3,(H2,38,47)(H,39,48)/t17-,20-,25-,33+/m0/s1. The number of aliphatic hydroxyl groups excluding tert-OH is 2. The second-order valence-electron chi connectivity index (χ2n) is 13.0. The largest absolute Gasteiger partial charge is 0.511 e. The van der Waals surface area contributed by atoms with Crippen molar-refractivity contribution >= 4 is 75.0 Å². The number of ketones is 2. The topological polar surface area (TPSA) is 183 Å². The number of anilines is 1. The van der Waals surface area contributed by atoms with Gasteiger partial charge in [0.05, 0.1) is 11.6 Å². The van der Waals surface area contributed by atoms with Crippen LogP contribution in [0.15, 0.2) is 59.1 Å². The average molecular weight is 827 g/mol. The molecule has 0 saturated heterocycles. The minimum Gasteiger partial charge on any atom is -0.511 e. The average Bonchev–Trinajstić information content (AvgIpc) is 3.00. The Balaban J connectivity index is 1.68. The number of primary amides is 1. The van der Waals surface area contributed by atoms with Gasteiger partial charge in [0.2, 0.25) is 2.34 Å². The minimum atomic E-state index is -1.84. The molecule has 0 fully saturated rings. The molecule has 6 N–H and O–H groups in total. The number of likely N-dealkylation sites (N-methyl/N-ethyl adjacent to an activating group) is 1. The number of halogens is 3. The van der Waals surface area contributed by atoms with Crippen molar-refractivity contribution in [2.75, 3.05) is 39.7 Å². The number of ether oxygens (including phenoxy) is 1. The number of hydrogen-bond donors (Lipinski definition) is 5. The molecular formula is C34H37Cl2IN4O8. The summed E-state index contributed by atoms with van der Waals surface area (Å²) < 4.78 is 3.69. The second kappa shape index (κ2) is 13.6. The Labute approximate surface area is 307 Å². The molecule has 15 heteroatoms. The number of aliphatic hydroxyl groups is 2. The van der Waals surface area contributed by atoms with Crippen molar-refractivity contribution in [1.29, 1.82) is 0 Å². The maximum atomic E-state index is 14.6. The van der Waals surface area contributed by atoms with E-state index in [1.807, 2.05) is 0 Å². The molecule has 4 atom stereocenters. The Morgan fingerprint density at radius 1 is 1.12 bits per heavy atom. The Bertz CT molecular complexity index is 1790. The van der Waals surface area contributed by atoms with E-state index in [0.717, 1.165) is 0 Å². The number of carbonyl (C=O) groups is 4. The number of allylic oxidation sites excluding steroid dienone is 2. The molecule has 0 heterocycles. The number of alkyl halides is 3. The summed E-state index contributed by atoms with van der Waals surface area (Å²) >= 11 is 13.4. The summed E-state index contributed by atoms with van der Waals surface area (Å²) in [5.41, 5.74) is 5.05. The van der Waals surface area contributed by atoms with Crippen molar-refractivity contribution in [2.24, 2.45) is 23.0 Å². The van der Waals surface area contributed by atoms with Crippen molar-refractivity contribution in [3.8, 4) is 5.75 Å². The van der Waals surface area contributed by atoms with Gasteiger partial charge >= 0.3 is 6.09 Å². The maximum Gasteiger partial charge on any atom is 0.407 e. The van der Waals surface area contributed by atoms with Gasteiger partial charge in [-0.3, -0.25) is 19.3 Å². The van der Waals surface area contributed by atoms with E-state index in [1.165, 1.54) is 0 Å². The predicted molar refractivity (Wildman–Crippen MR) is 192 cm³/mol. The Morgan fingerprint density at radius 2 is 1.78 bits per heavy atom. The number of alkyl carbamates (subject to hydrolysis) is 1. The summed E-state index contributed by atoms with van der Waals surface area (Å²) in [4.78, 5) is 57.6. The Hall–Kier alpha value is -3.53. The highest BCUT2D eigenvalue weighted by molar-refractivity contribution is 14.1. The van der Waals surface area contributed by atoms with E-state index in [4.69, 9.17) is 33.7 Å². The third-order valence-electron chi connectivity index (χ3n) is 9.59. The van der Waals surface area contributed by atoms with Gasteiger partial charge < -0.3 is 36.0 Å². The first-order valence-corrected chi connectivity index (χ1v) is 17.2. The number of aromatic hydroxyl groups is 1. The van der Waals surface area contributed by atoms with Crippen molar-refractivity contribution < 1.29 is 39.2 Å². The third-order valence-corrected chi connectivity index (χ3v) is 10.1. The van der Waals surface area contributed by atoms with Gasteiger partial charge in [0.15, 0.2) is 11.6 Å². The molecule has 262 valence electrons. The molecule has 49 heavy (non-hydrogen) atoms. The van der Waals surface area contributed by atoms with Gasteiger partial charge in [0.25, 0.3) is 5.91 Å². The molecule has 0 bridgehead atoms. The monoisotopic (exact) mass is 826 g/mol. The summed E-state index contributed by atoms with van der Waals surface area (Å²) in [6.07, 6.45) is -0.547. The number of benzene rings is 2. The number of rotatable bonds is 9. The lowest BCUT2D eigenvalue weighted by atomic mass is 9.51. The highest BCUT2D eigenvalue weighted by Gasteiger charge is 2.63. The van der Waals surface area contributed by atoms with Gasteiger partial charge in [-0.2, -0.15) is 0 Å². The van der Waals surface area contributed by atoms with Crippen molar-refractivity contribution in [1.82, 2.24) is 10.2 Å². The SMILES string of the molecule is CN(C)c1cc(CNC(=O)OCC(Cl)(Cl)I)c(O)c2c1C[C@H]1C[C@H]3[C@H](N(C)C)C(O)=C(C(N)=O)C(=O)[C@@]3(Cc3ccccc3)C(O)=C1C2=O. The first-order chi connectivity index (χ1) is 22.9. The number of Topliss-reactive ketones (excluding diaryl/α,β-unsaturated/α-hetero) is 2. The van der Waals surface area contributed by atoms with Gasteiger partial charge in [-0.1, -0.05) is 53.5 Å². The number of fused-ring (bicyclic) bond motifs is 3. The number of nitrogens with zero attached hydrogens (tertiary/aromatic N) is 2. The van der Waals surface area contributed by atoms with Crippen LogP contribution in [0.1, 0.15) is 33.5 Å². The molecule has 0 unspecified atom stereocenters. The smallest absolute Gasteiger partial charge is 0.407 e. The Morgan fingerprint density at radius 3 is 2.35 bits per heavy atom. The summed E-state index contributed by atoms with van der Waals surface area (Å²) in [6, 6.07) is 9.65. The molecular weight excluding hydrogens is 790 g/mol. The number of hydrogen-bond acceptors (Lipinski definition) is 10. The van der Waals surface area contributed by atoms with Crippen molar-refractivity contribution in [3.05, 3.63) is 81.3 Å². The second-order valence-corrected chi connectivity index (χ2v) is 17.6. The zero-order valence-electron chi connectivity index (χ0n) is 27.2. The van der Waals surface area contributed by atoms with Crippen LogP contribution in [0.5, 0.6) is 5.75 Å². The van der Waals surface area contributed by atoms with Crippen LogP contribution >= 0.6 is 45.8 Å². The van der Waals surface area contributed by atoms with Gasteiger partial charge in [0.1, 0.15) is 34.9 Å². The lowest BCUT2D eigenvalue weighted by Crippen LogP contribution is -2.60. The summed E-state index contributed by atoms with van der Waals surface area (Å²) in [5.74, 6) is -5.47. The first-order valence-electron chi connectivity index (χ1n) is 15.4. The van der Waals surface area contributed by atoms with E-state index in [-0.39, 0.29) is 49.1 Å². The van der Waals surface area contributed by atoms with Crippen molar-refractivity contribution in [2.45, 2.75) is 34.2 Å². The van der Waals surface area contributed by atoms with E-state index in [0.29, 0.717) is 16.8 Å². The lowest BCUT2D eigenvalue weighted by Gasteiger charge is -2.53. The van der Waals surface area contributed by atoms with E-state index in [1.54, 1.807) is 97.0 Å². The van der Waals surface area contributed by atoms with Crippen LogP contribution < -0.4 is 16.0 Å². The fourth-order valence-corrected chi connectivity index (χ4v) is 7.87. The van der Waals surface area contributed by atoms with Crippen LogP contribution in [0.3, 0.4) is 0 Å². The summed E-state index contributed by atoms with van der Waals surface area (Å²) in [7, 11) is 6.93. The Kier molecular flexibility index (Phi) is 10.2. The van der Waals surface area contributed by atoms with E-state index in [9.17, 15) is 34.5 Å². The number of carbonyl (C=O) groups excluding carboxylic acids is 4. The molecule has 0 spiro atoms. The molecule has 0 saturated carbocycles. The molecule has 12 nitrogen and oxygen atoms in total. The third kappa shape index (κ3) is 6.57. The van der Waals surface area contributed by atoms with Crippen molar-refractivity contribution in [3.63, 3.8) is 0 Å². The van der Waals surface area contributed by atoms with E-state index >= 15 is 0 Å². The molecule has 3 aliphatic carbocycles. The number of nitrogens with two attached hydrogens (primary N) is 1. The summed E-state index contributed by atoms with van der Waals surface area (Å²) in [6.45, 7) is -0.535. The van der Waals surface area contributed by atoms with Crippen LogP contribution in [-0.4, -0.2) is 87.0 Å². The molecule has 0 radical (unpaired) electrons. The maximum absolute atomic E-state index is 14.6. The van der Waals surface area contributed by atoms with E-state index < -0.39 is 72.0 Å². The quantitative estimate of drug-likeness (QED) is 0.137. The zero-order valence-corrected chi connectivity index (χ0v) is 30.9. The van der Waals surface area contributed by atoms with Crippen LogP contribution in [-0.2, 0) is 33.7 Å². The molecule has 5 rings (SSSR count). The van der Waals surface area contributed by atoms with Gasteiger partial charge in [-0.15, -0.1) is 0 Å².